The van der Waals surface area contributed by atoms with Crippen LogP contribution in [0.25, 0.3) is 32.7 Å². The van der Waals surface area contributed by atoms with Gasteiger partial charge in [-0.1, -0.05) is 6.92 Å². The van der Waals surface area contributed by atoms with Gasteiger partial charge in [-0.05, 0) is 125 Å². The first kappa shape index (κ1) is 73.6. The number of carbonyl (C=O) groups excluding carboxylic acids is 3. The number of benzene rings is 3. The molecule has 0 spiro atoms. The van der Waals surface area contributed by atoms with Gasteiger partial charge in [-0.3, -0.25) is 14.4 Å². The normalized spacial score (nSPS) is 14.0. The lowest BCUT2D eigenvalue weighted by Gasteiger charge is -2.35. The maximum Gasteiger partial charge on any atom is 0.260 e. The Bertz CT molecular complexity index is 5200. The molecule has 10 N–H and O–H groups in total. The number of pyridine rings is 3. The van der Waals surface area contributed by atoms with Crippen molar-refractivity contribution >= 4 is 102 Å². The number of rotatable bonds is 19. The zero-order valence-corrected chi connectivity index (χ0v) is 60.7. The molecule has 12 aromatic rings. The van der Waals surface area contributed by atoms with Crippen molar-refractivity contribution in [3.05, 3.63) is 180 Å². The molecule has 30 nitrogen and oxygen atoms in total. The number of hydrogen-bond acceptors (Lipinski definition) is 24. The smallest absolute Gasteiger partial charge is 0.260 e. The number of aryl methyl sites for hydroxylation is 3. The van der Waals surface area contributed by atoms with Crippen molar-refractivity contribution in [3.63, 3.8) is 0 Å². The first-order chi connectivity index (χ1) is 52.4. The highest BCUT2D eigenvalue weighted by Gasteiger charge is 2.28. The lowest BCUT2D eigenvalue weighted by atomic mass is 10.2. The number of nitrogens with zero attached hydrogens (tertiary/aromatic N) is 14. The van der Waals surface area contributed by atoms with E-state index < -0.39 is 35.2 Å². The molecule has 0 atom stereocenters. The van der Waals surface area contributed by atoms with E-state index in [4.69, 9.17) is 14.2 Å². The van der Waals surface area contributed by atoms with Crippen LogP contribution in [0.2, 0.25) is 0 Å². The Labute approximate surface area is 618 Å². The Kier molecular flexibility index (Phi) is 22.6. The molecule has 0 unspecified atom stereocenters. The van der Waals surface area contributed by atoms with Crippen molar-refractivity contribution in [2.75, 3.05) is 144 Å². The highest BCUT2D eigenvalue weighted by molar-refractivity contribution is 6.03. The predicted octanol–water partition coefficient (Wildman–Crippen LogP) is 10.4. The molecule has 0 saturated carbocycles. The van der Waals surface area contributed by atoms with Crippen LogP contribution in [0.15, 0.2) is 129 Å². The van der Waals surface area contributed by atoms with Crippen molar-refractivity contribution in [3.8, 4) is 34.9 Å². The van der Waals surface area contributed by atoms with Crippen LogP contribution in [0, 0.1) is 38.2 Å². The second-order valence-electron chi connectivity index (χ2n) is 25.7. The molecule has 3 fully saturated rings. The van der Waals surface area contributed by atoms with Crippen LogP contribution >= 0.6 is 0 Å². The topological polar surface area (TPSA) is 343 Å². The lowest BCUT2D eigenvalue weighted by molar-refractivity contribution is 0.0952. The van der Waals surface area contributed by atoms with Crippen molar-refractivity contribution in [1.29, 1.82) is 0 Å². The van der Waals surface area contributed by atoms with E-state index >= 15 is 13.2 Å². The van der Waals surface area contributed by atoms with E-state index in [1.807, 2.05) is 57.2 Å². The molecule has 558 valence electrons. The molecule has 108 heavy (non-hydrogen) atoms. The molecular weight excluding hydrogens is 1390 g/mol. The average Bonchev–Trinajstić information content (AvgIpc) is 1.43. The van der Waals surface area contributed by atoms with Gasteiger partial charge in [-0.2, -0.15) is 0 Å². The van der Waals surface area contributed by atoms with Gasteiger partial charge in [-0.25, -0.2) is 58.0 Å². The van der Waals surface area contributed by atoms with Crippen molar-refractivity contribution in [1.82, 2.24) is 90.9 Å². The number of carbonyl (C=O) groups is 3. The lowest BCUT2D eigenvalue weighted by Crippen LogP contribution is -2.46. The number of amides is 3. The molecule has 3 aliphatic rings. The van der Waals surface area contributed by atoms with Crippen LogP contribution < -0.4 is 66.1 Å². The van der Waals surface area contributed by atoms with Crippen molar-refractivity contribution in [2.45, 2.75) is 27.7 Å². The first-order valence-corrected chi connectivity index (χ1v) is 35.1. The van der Waals surface area contributed by atoms with E-state index in [2.05, 4.69) is 135 Å². The maximum atomic E-state index is 15.1. The predicted molar refractivity (Wildman–Crippen MR) is 407 cm³/mol. The molecule has 12 heterocycles. The monoisotopic (exact) mass is 1470 g/mol. The van der Waals surface area contributed by atoms with Crippen LogP contribution in [-0.4, -0.2) is 201 Å². The molecule has 0 radical (unpaired) electrons. The number of anilines is 9. The van der Waals surface area contributed by atoms with E-state index in [1.54, 1.807) is 55.0 Å². The number of likely N-dealkylation sites (N-methyl/N-ethyl adjacent to an activating group) is 2. The fourth-order valence-corrected chi connectivity index (χ4v) is 12.6. The fourth-order valence-electron chi connectivity index (χ4n) is 12.6. The summed E-state index contributed by atoms with van der Waals surface area (Å²) < 4.78 is 62.7. The van der Waals surface area contributed by atoms with Gasteiger partial charge in [0, 0.05) is 149 Å². The summed E-state index contributed by atoms with van der Waals surface area (Å²) >= 11 is 0. The summed E-state index contributed by atoms with van der Waals surface area (Å²) in [7, 11) is 6.57. The molecule has 33 heteroatoms. The van der Waals surface area contributed by atoms with Crippen LogP contribution in [0.4, 0.5) is 65.1 Å². The van der Waals surface area contributed by atoms with Gasteiger partial charge in [0.2, 0.25) is 17.6 Å². The van der Waals surface area contributed by atoms with Crippen LogP contribution in [-0.2, 0) is 0 Å². The number of ether oxygens (including phenoxy) is 3. The summed E-state index contributed by atoms with van der Waals surface area (Å²) in [5, 5.41) is 21.4. The first-order valence-electron chi connectivity index (χ1n) is 35.1. The summed E-state index contributed by atoms with van der Waals surface area (Å²) in [5.41, 5.74) is 7.62. The zero-order chi connectivity index (χ0) is 75.5. The summed E-state index contributed by atoms with van der Waals surface area (Å²) in [6.07, 6.45) is 9.11. The molecular formula is C75H81F3N24O6. The molecule has 3 aromatic carbocycles. The number of H-pyrrole nitrogens is 3. The molecule has 3 saturated heterocycles. The van der Waals surface area contributed by atoms with Gasteiger partial charge in [0.25, 0.3) is 17.7 Å². The van der Waals surface area contributed by atoms with Crippen LogP contribution in [0.1, 0.15) is 55.1 Å². The SMILES string of the molecule is CCN1CCN(c2ccc(Nc3ncnc(Oc4ccc5[nH]c(C)cc5c4F)c3C(=O)NC)nc2)CC1.CNC(=O)c1c(Nc2ccc(N3CCN(C)CC3)cn2)ncnc1Oc1ccc2[nH]c(C)cc2c1F.CNC(=O)c1c(Nc2ccc(N3CCNCC3)cn2)ncnc1Oc1ccc2[nH]c(C)cc2c1F. The summed E-state index contributed by atoms with van der Waals surface area (Å²) in [5.74, 6) is -1.41. The van der Waals surface area contributed by atoms with Gasteiger partial charge in [-0.15, -0.1) is 0 Å². The molecule has 0 aliphatic carbocycles. The quantitative estimate of drug-likeness (QED) is 0.0360. The molecule has 15 rings (SSSR count). The van der Waals surface area contributed by atoms with Gasteiger partial charge in [0.05, 0.1) is 35.7 Å². The van der Waals surface area contributed by atoms with Gasteiger partial charge in [0.1, 0.15) is 53.1 Å². The maximum absolute atomic E-state index is 15.1. The van der Waals surface area contributed by atoms with Crippen LogP contribution in [0.3, 0.4) is 0 Å². The van der Waals surface area contributed by atoms with Crippen LogP contribution in [0.5, 0.6) is 34.9 Å². The Hall–Kier alpha value is -12.8. The Morgan fingerprint density at radius 3 is 1.06 bits per heavy atom. The second-order valence-corrected chi connectivity index (χ2v) is 25.7. The van der Waals surface area contributed by atoms with Gasteiger partial charge < -0.3 is 90.9 Å². The number of fused-ring (bicyclic) bond motifs is 3. The summed E-state index contributed by atoms with van der Waals surface area (Å²) in [4.78, 5) is 97.6. The Morgan fingerprint density at radius 1 is 0.426 bits per heavy atom. The van der Waals surface area contributed by atoms with E-state index in [-0.39, 0.29) is 69.0 Å². The molecule has 3 aliphatic heterocycles. The number of aromatic amines is 3. The standard InChI is InChI=1S/C26H29FN8O2.C25H27FN8O2.C24H25FN8O2/c1-4-34-9-11-35(12-10-34)17-5-8-21(29-14-17)33-24-22(25(36)28-3)26(31-15-30-24)37-20-7-6-19-18(23(20)27)13-16(2)32-19;1-15-12-17-18(31-15)5-6-19(22(17)26)36-25-21(24(35)27-2)23(29-14-30-25)32-20-7-4-16(13-28-20)34-10-8-33(3)9-11-34;1-14-11-16-17(31-14)4-5-18(21(16)25)35-24-20(23(34)26-2)22(29-13-30-24)32-19-6-3-15(12-28-19)33-9-7-27-8-10-33/h5-8,13-15,32H,4,9-12H2,1-3H3,(H,28,36)(H,29,30,31,33);4-7,12-14,31H,8-11H2,1-3H3,(H,27,35)(H,28,29,30,32);3-6,11-13,27,31H,7-10H2,1-2H3,(H,26,34)(H,28,29,30,32). The molecule has 0 bridgehead atoms. The number of aromatic nitrogens is 12. The van der Waals surface area contributed by atoms with E-state index in [9.17, 15) is 14.4 Å². The Balaban J connectivity index is 0.000000143. The minimum atomic E-state index is -0.548. The van der Waals surface area contributed by atoms with E-state index in [1.165, 1.54) is 58.3 Å². The zero-order valence-electron chi connectivity index (χ0n) is 60.7. The third-order valence-electron chi connectivity index (χ3n) is 18.4. The third-order valence-corrected chi connectivity index (χ3v) is 18.4. The van der Waals surface area contributed by atoms with Gasteiger partial charge >= 0.3 is 0 Å². The number of halogens is 3. The molecule has 3 amide bonds. The largest absolute Gasteiger partial charge is 0.435 e. The van der Waals surface area contributed by atoms with Crippen molar-refractivity contribution in [2.24, 2.45) is 0 Å². The van der Waals surface area contributed by atoms with Crippen molar-refractivity contribution < 1.29 is 41.8 Å². The highest BCUT2D eigenvalue weighted by atomic mass is 19.1. The Morgan fingerprint density at radius 2 is 0.750 bits per heavy atom. The minimum absolute atomic E-state index is 0.0349. The third kappa shape index (κ3) is 16.7. The fraction of sp³-hybridized carbons (Fsp3) is 0.280. The minimum Gasteiger partial charge on any atom is -0.435 e. The second kappa shape index (κ2) is 33.1. The number of piperazine rings is 3. The number of hydrogen-bond donors (Lipinski definition) is 10. The molecule has 9 aromatic heterocycles. The number of nitrogens with one attached hydrogen (secondary N) is 10. The van der Waals surface area contributed by atoms with E-state index in [0.29, 0.717) is 50.2 Å². The van der Waals surface area contributed by atoms with Gasteiger partial charge in [0.15, 0.2) is 52.2 Å². The summed E-state index contributed by atoms with van der Waals surface area (Å²) in [6, 6.07) is 26.1. The average molecular weight is 1470 g/mol. The summed E-state index contributed by atoms with van der Waals surface area (Å²) in [6.45, 7) is 20.2. The van der Waals surface area contributed by atoms with E-state index in [0.717, 1.165) is 119 Å². The highest BCUT2D eigenvalue weighted by Crippen LogP contribution is 2.38.